The van der Waals surface area contributed by atoms with Gasteiger partial charge in [-0.1, -0.05) is 18.5 Å². The molecule has 0 N–H and O–H groups in total. The van der Waals surface area contributed by atoms with Gasteiger partial charge in [0.1, 0.15) is 23.5 Å². The van der Waals surface area contributed by atoms with Crippen molar-refractivity contribution in [2.75, 3.05) is 20.2 Å². The SMILES string of the molecule is CCCN(CC(=O)OC)C(=O)c1cc(Cl)ncc1[N+](=O)[O-]. The number of amides is 1. The van der Waals surface area contributed by atoms with Crippen molar-refractivity contribution in [1.29, 1.82) is 0 Å². The maximum atomic E-state index is 12.4. The first kappa shape index (κ1) is 16.8. The molecular formula is C12H14ClN3O5. The maximum Gasteiger partial charge on any atom is 0.325 e. The summed E-state index contributed by atoms with van der Waals surface area (Å²) in [4.78, 5) is 38.7. The van der Waals surface area contributed by atoms with Crippen LogP contribution in [0, 0.1) is 10.1 Å². The van der Waals surface area contributed by atoms with Crippen LogP contribution in [-0.4, -0.2) is 46.9 Å². The van der Waals surface area contributed by atoms with E-state index >= 15 is 0 Å². The van der Waals surface area contributed by atoms with Gasteiger partial charge in [-0.2, -0.15) is 0 Å². The summed E-state index contributed by atoms with van der Waals surface area (Å²) in [6.07, 6.45) is 1.49. The average molecular weight is 316 g/mol. The van der Waals surface area contributed by atoms with Gasteiger partial charge in [0.05, 0.1) is 12.0 Å². The van der Waals surface area contributed by atoms with Crippen molar-refractivity contribution in [2.24, 2.45) is 0 Å². The molecule has 1 amide bonds. The Morgan fingerprint density at radius 3 is 2.71 bits per heavy atom. The standard InChI is InChI=1S/C12H14ClN3O5/c1-3-4-15(7-11(17)21-2)12(18)8-5-10(13)14-6-9(8)16(19)20/h5-6H,3-4,7H2,1-2H3. The number of aromatic nitrogens is 1. The highest BCUT2D eigenvalue weighted by Gasteiger charge is 2.26. The van der Waals surface area contributed by atoms with Gasteiger partial charge in [0.15, 0.2) is 0 Å². The van der Waals surface area contributed by atoms with Gasteiger partial charge in [-0.05, 0) is 12.5 Å². The lowest BCUT2D eigenvalue weighted by Gasteiger charge is -2.20. The number of rotatable bonds is 6. The molecule has 9 heteroatoms. The third kappa shape index (κ3) is 4.38. The highest BCUT2D eigenvalue weighted by Crippen LogP contribution is 2.22. The van der Waals surface area contributed by atoms with E-state index in [0.29, 0.717) is 6.42 Å². The number of esters is 1. The zero-order valence-corrected chi connectivity index (χ0v) is 12.3. The Kier molecular flexibility index (Phi) is 6.04. The Morgan fingerprint density at radius 2 is 2.19 bits per heavy atom. The van der Waals surface area contributed by atoms with E-state index in [0.717, 1.165) is 12.3 Å². The van der Waals surface area contributed by atoms with Crippen molar-refractivity contribution in [1.82, 2.24) is 9.88 Å². The number of nitrogens with zero attached hydrogens (tertiary/aromatic N) is 3. The van der Waals surface area contributed by atoms with Crippen LogP contribution in [0.4, 0.5) is 5.69 Å². The lowest BCUT2D eigenvalue weighted by Crippen LogP contribution is -2.37. The summed E-state index contributed by atoms with van der Waals surface area (Å²) < 4.78 is 4.51. The molecule has 0 saturated heterocycles. The van der Waals surface area contributed by atoms with E-state index in [1.165, 1.54) is 12.0 Å². The van der Waals surface area contributed by atoms with Crippen LogP contribution in [0.3, 0.4) is 0 Å². The molecule has 0 saturated carbocycles. The summed E-state index contributed by atoms with van der Waals surface area (Å²) in [5.41, 5.74) is -0.673. The molecule has 0 fully saturated rings. The molecule has 21 heavy (non-hydrogen) atoms. The van der Waals surface area contributed by atoms with Crippen LogP contribution in [0.1, 0.15) is 23.7 Å². The zero-order chi connectivity index (χ0) is 16.0. The lowest BCUT2D eigenvalue weighted by molar-refractivity contribution is -0.385. The van der Waals surface area contributed by atoms with E-state index in [1.54, 1.807) is 0 Å². The van der Waals surface area contributed by atoms with Crippen molar-refractivity contribution in [3.63, 3.8) is 0 Å². The predicted octanol–water partition coefficient (Wildman–Crippen LogP) is 1.67. The van der Waals surface area contributed by atoms with Gasteiger partial charge < -0.3 is 9.64 Å². The second kappa shape index (κ2) is 7.53. The van der Waals surface area contributed by atoms with Crippen LogP contribution in [-0.2, 0) is 9.53 Å². The van der Waals surface area contributed by atoms with Crippen LogP contribution in [0.15, 0.2) is 12.3 Å². The first-order chi connectivity index (χ1) is 9.90. The van der Waals surface area contributed by atoms with Gasteiger partial charge in [-0.15, -0.1) is 0 Å². The molecule has 0 aromatic carbocycles. The van der Waals surface area contributed by atoms with Gasteiger partial charge in [0.2, 0.25) is 0 Å². The van der Waals surface area contributed by atoms with E-state index < -0.39 is 22.5 Å². The Labute approximate surface area is 125 Å². The molecule has 114 valence electrons. The summed E-state index contributed by atoms with van der Waals surface area (Å²) in [7, 11) is 1.20. The van der Waals surface area contributed by atoms with Crippen molar-refractivity contribution in [3.05, 3.63) is 33.1 Å². The fourth-order valence-electron chi connectivity index (χ4n) is 1.65. The molecule has 0 bridgehead atoms. The molecule has 0 aliphatic carbocycles. The molecule has 1 aromatic heterocycles. The van der Waals surface area contributed by atoms with Gasteiger partial charge in [-0.3, -0.25) is 19.7 Å². The molecule has 0 unspecified atom stereocenters. The summed E-state index contributed by atoms with van der Waals surface area (Å²) in [5.74, 6) is -1.28. The second-order valence-electron chi connectivity index (χ2n) is 4.08. The number of hydrogen-bond acceptors (Lipinski definition) is 6. The van der Waals surface area contributed by atoms with Gasteiger partial charge >= 0.3 is 5.97 Å². The first-order valence-corrected chi connectivity index (χ1v) is 6.44. The first-order valence-electron chi connectivity index (χ1n) is 6.06. The average Bonchev–Trinajstić information content (AvgIpc) is 2.45. The molecule has 0 radical (unpaired) electrons. The van der Waals surface area contributed by atoms with Gasteiger partial charge in [-0.25, -0.2) is 4.98 Å². The van der Waals surface area contributed by atoms with Crippen molar-refractivity contribution in [3.8, 4) is 0 Å². The summed E-state index contributed by atoms with van der Waals surface area (Å²) in [6.45, 7) is 1.77. The maximum absolute atomic E-state index is 12.4. The molecule has 0 spiro atoms. The Bertz CT molecular complexity index is 564. The summed E-state index contributed by atoms with van der Waals surface area (Å²) in [6, 6.07) is 1.11. The Balaban J connectivity index is 3.16. The van der Waals surface area contributed by atoms with Crippen LogP contribution >= 0.6 is 11.6 Å². The quantitative estimate of drug-likeness (QED) is 0.342. The van der Waals surface area contributed by atoms with Crippen molar-refractivity contribution in [2.45, 2.75) is 13.3 Å². The monoisotopic (exact) mass is 315 g/mol. The molecule has 8 nitrogen and oxygen atoms in total. The van der Waals surface area contributed by atoms with Crippen LogP contribution in [0.25, 0.3) is 0 Å². The predicted molar refractivity (Wildman–Crippen MR) is 74.1 cm³/mol. The van der Waals surface area contributed by atoms with Crippen LogP contribution in [0.2, 0.25) is 5.15 Å². The molecule has 0 atom stereocenters. The van der Waals surface area contributed by atoms with E-state index in [4.69, 9.17) is 11.6 Å². The fourth-order valence-corrected chi connectivity index (χ4v) is 1.81. The third-order valence-corrected chi connectivity index (χ3v) is 2.81. The molecule has 0 aliphatic rings. The van der Waals surface area contributed by atoms with Crippen LogP contribution in [0.5, 0.6) is 0 Å². The van der Waals surface area contributed by atoms with Crippen LogP contribution < -0.4 is 0 Å². The van der Waals surface area contributed by atoms with Crippen molar-refractivity contribution < 1.29 is 19.2 Å². The number of nitro groups is 1. The van der Waals surface area contributed by atoms with E-state index in [9.17, 15) is 19.7 Å². The number of methoxy groups -OCH3 is 1. The molecule has 1 aromatic rings. The Morgan fingerprint density at radius 1 is 1.52 bits per heavy atom. The van der Waals surface area contributed by atoms with E-state index in [2.05, 4.69) is 9.72 Å². The summed E-state index contributed by atoms with van der Waals surface area (Å²) in [5, 5.41) is 10.9. The minimum atomic E-state index is -0.723. The minimum Gasteiger partial charge on any atom is -0.468 e. The second-order valence-corrected chi connectivity index (χ2v) is 4.47. The number of hydrogen-bond donors (Lipinski definition) is 0. The number of halogens is 1. The van der Waals surface area contributed by atoms with Gasteiger partial charge in [0, 0.05) is 6.54 Å². The summed E-state index contributed by atoms with van der Waals surface area (Å²) >= 11 is 5.68. The third-order valence-electron chi connectivity index (χ3n) is 2.61. The molecule has 1 heterocycles. The normalized spacial score (nSPS) is 10.0. The smallest absolute Gasteiger partial charge is 0.325 e. The topological polar surface area (TPSA) is 103 Å². The number of carbonyl (C=O) groups excluding carboxylic acids is 2. The fraction of sp³-hybridized carbons (Fsp3) is 0.417. The Hall–Kier alpha value is -2.22. The lowest BCUT2D eigenvalue weighted by atomic mass is 10.2. The number of ether oxygens (including phenoxy) is 1. The molecular weight excluding hydrogens is 302 g/mol. The number of pyridine rings is 1. The highest BCUT2D eigenvalue weighted by molar-refractivity contribution is 6.29. The molecule has 1 rings (SSSR count). The zero-order valence-electron chi connectivity index (χ0n) is 11.5. The number of carbonyl (C=O) groups is 2. The largest absolute Gasteiger partial charge is 0.468 e. The molecule has 0 aliphatic heterocycles. The minimum absolute atomic E-state index is 0.0431. The van der Waals surface area contributed by atoms with E-state index in [-0.39, 0.29) is 23.8 Å². The van der Waals surface area contributed by atoms with Crippen molar-refractivity contribution >= 4 is 29.2 Å². The highest BCUT2D eigenvalue weighted by atomic mass is 35.5. The van der Waals surface area contributed by atoms with Gasteiger partial charge in [0.25, 0.3) is 11.6 Å². The van der Waals surface area contributed by atoms with E-state index in [1.807, 2.05) is 6.92 Å².